The van der Waals surface area contributed by atoms with Crippen LogP contribution in [0.5, 0.6) is 11.6 Å². The van der Waals surface area contributed by atoms with Crippen LogP contribution in [0.3, 0.4) is 0 Å². The Balaban J connectivity index is 2.19. The molecule has 1 aromatic carbocycles. The Bertz CT molecular complexity index is 596. The second-order valence-corrected chi connectivity index (χ2v) is 3.98. The van der Waals surface area contributed by atoms with Crippen LogP contribution in [-0.4, -0.2) is 23.2 Å². The maximum atomic E-state index is 11.3. The summed E-state index contributed by atoms with van der Waals surface area (Å²) >= 11 is 0. The van der Waals surface area contributed by atoms with Crippen molar-refractivity contribution >= 4 is 11.6 Å². The fourth-order valence-electron chi connectivity index (χ4n) is 1.47. The molecule has 6 heteroatoms. The highest BCUT2D eigenvalue weighted by Crippen LogP contribution is 2.26. The second-order valence-electron chi connectivity index (χ2n) is 3.98. The first-order valence-electron chi connectivity index (χ1n) is 5.70. The van der Waals surface area contributed by atoms with E-state index in [0.29, 0.717) is 11.4 Å². The van der Waals surface area contributed by atoms with E-state index in [1.807, 2.05) is 19.1 Å². The molecule has 0 unspecified atom stereocenters. The molecule has 98 valence electrons. The molecule has 19 heavy (non-hydrogen) atoms. The molecule has 1 heterocycles. The molecule has 1 amide bonds. The molecule has 2 rings (SSSR count). The third-order valence-electron chi connectivity index (χ3n) is 2.48. The minimum atomic E-state index is -0.297. The Morgan fingerprint density at radius 1 is 1.26 bits per heavy atom. The maximum absolute atomic E-state index is 11.3. The van der Waals surface area contributed by atoms with Crippen molar-refractivity contribution in [3.05, 3.63) is 41.6 Å². The molecule has 0 aliphatic carbocycles. The molecule has 1 aromatic heterocycles. The summed E-state index contributed by atoms with van der Waals surface area (Å²) in [5.74, 6) is 0.501. The highest BCUT2D eigenvalue weighted by Gasteiger charge is 2.08. The third kappa shape index (κ3) is 2.98. The number of nitrogen functional groups attached to an aromatic ring is 1. The van der Waals surface area contributed by atoms with Crippen molar-refractivity contribution in [3.63, 3.8) is 0 Å². The standard InChI is InChI=1S/C13H14N4O2/c1-8-3-4-9(14)11(7-8)19-12-6-5-10(16-17-12)13(18)15-2/h3-7H,14H2,1-2H3,(H,15,18). The van der Waals surface area contributed by atoms with Crippen molar-refractivity contribution in [1.29, 1.82) is 0 Å². The van der Waals surface area contributed by atoms with E-state index >= 15 is 0 Å². The number of nitrogens with zero attached hydrogens (tertiary/aromatic N) is 2. The van der Waals surface area contributed by atoms with Crippen LogP contribution in [0.25, 0.3) is 0 Å². The number of carbonyl (C=O) groups excluding carboxylic acids is 1. The largest absolute Gasteiger partial charge is 0.435 e. The fourth-order valence-corrected chi connectivity index (χ4v) is 1.47. The molecule has 0 saturated carbocycles. The lowest BCUT2D eigenvalue weighted by molar-refractivity contribution is 0.0957. The van der Waals surface area contributed by atoms with Gasteiger partial charge in [0.1, 0.15) is 0 Å². The molecule has 0 aliphatic rings. The van der Waals surface area contributed by atoms with Crippen LogP contribution in [0.2, 0.25) is 0 Å². The van der Waals surface area contributed by atoms with Crippen LogP contribution < -0.4 is 15.8 Å². The molecular weight excluding hydrogens is 244 g/mol. The van der Waals surface area contributed by atoms with Gasteiger partial charge in [-0.1, -0.05) is 6.07 Å². The first kappa shape index (κ1) is 12.8. The SMILES string of the molecule is CNC(=O)c1ccc(Oc2cc(C)ccc2N)nn1. The first-order valence-corrected chi connectivity index (χ1v) is 5.70. The number of anilines is 1. The lowest BCUT2D eigenvalue weighted by Crippen LogP contribution is -2.19. The van der Waals surface area contributed by atoms with Gasteiger partial charge in [-0.15, -0.1) is 10.2 Å². The summed E-state index contributed by atoms with van der Waals surface area (Å²) in [7, 11) is 1.53. The molecule has 3 N–H and O–H groups in total. The highest BCUT2D eigenvalue weighted by atomic mass is 16.5. The molecule has 0 saturated heterocycles. The Hall–Kier alpha value is -2.63. The average Bonchev–Trinajstić information content (AvgIpc) is 2.43. The molecule has 0 radical (unpaired) electrons. The predicted molar refractivity (Wildman–Crippen MR) is 71.1 cm³/mol. The minimum Gasteiger partial charge on any atom is -0.435 e. The summed E-state index contributed by atoms with van der Waals surface area (Å²) in [4.78, 5) is 11.3. The normalized spacial score (nSPS) is 10.0. The van der Waals surface area contributed by atoms with Crippen LogP contribution in [0.4, 0.5) is 5.69 Å². The van der Waals surface area contributed by atoms with E-state index in [2.05, 4.69) is 15.5 Å². The smallest absolute Gasteiger partial charge is 0.271 e. The van der Waals surface area contributed by atoms with Gasteiger partial charge in [-0.3, -0.25) is 4.79 Å². The van der Waals surface area contributed by atoms with Crippen molar-refractivity contribution in [2.75, 3.05) is 12.8 Å². The summed E-state index contributed by atoms with van der Waals surface area (Å²) in [6.07, 6.45) is 0. The number of ether oxygens (including phenoxy) is 1. The van der Waals surface area contributed by atoms with Crippen LogP contribution in [0.1, 0.15) is 16.1 Å². The van der Waals surface area contributed by atoms with Crippen molar-refractivity contribution in [1.82, 2.24) is 15.5 Å². The van der Waals surface area contributed by atoms with E-state index in [9.17, 15) is 4.79 Å². The van der Waals surface area contributed by atoms with Gasteiger partial charge < -0.3 is 15.8 Å². The van der Waals surface area contributed by atoms with Gasteiger partial charge in [0.15, 0.2) is 11.4 Å². The summed E-state index contributed by atoms with van der Waals surface area (Å²) in [5, 5.41) is 10.1. The summed E-state index contributed by atoms with van der Waals surface area (Å²) in [5.41, 5.74) is 7.57. The van der Waals surface area contributed by atoms with Crippen LogP contribution in [0.15, 0.2) is 30.3 Å². The number of amides is 1. The number of nitrogens with two attached hydrogens (primary N) is 1. The zero-order valence-electron chi connectivity index (χ0n) is 10.7. The Morgan fingerprint density at radius 2 is 2.05 bits per heavy atom. The van der Waals surface area contributed by atoms with Gasteiger partial charge in [0, 0.05) is 13.1 Å². The lowest BCUT2D eigenvalue weighted by Gasteiger charge is -2.08. The molecular formula is C13H14N4O2. The van der Waals surface area contributed by atoms with Crippen molar-refractivity contribution in [3.8, 4) is 11.6 Å². The van der Waals surface area contributed by atoms with Gasteiger partial charge in [-0.2, -0.15) is 0 Å². The highest BCUT2D eigenvalue weighted by molar-refractivity contribution is 5.91. The molecule has 0 aliphatic heterocycles. The van der Waals surface area contributed by atoms with Gasteiger partial charge in [-0.25, -0.2) is 0 Å². The molecule has 0 atom stereocenters. The predicted octanol–water partition coefficient (Wildman–Crippen LogP) is 1.52. The number of aromatic nitrogens is 2. The summed E-state index contributed by atoms with van der Waals surface area (Å²) < 4.78 is 5.53. The van der Waals surface area contributed by atoms with Gasteiger partial charge >= 0.3 is 0 Å². The third-order valence-corrected chi connectivity index (χ3v) is 2.48. The quantitative estimate of drug-likeness (QED) is 0.814. The van der Waals surface area contributed by atoms with Crippen LogP contribution in [0, 0.1) is 6.92 Å². The van der Waals surface area contributed by atoms with Crippen molar-refractivity contribution in [2.24, 2.45) is 0 Å². The topological polar surface area (TPSA) is 90.1 Å². The number of rotatable bonds is 3. The van der Waals surface area contributed by atoms with E-state index in [-0.39, 0.29) is 17.5 Å². The van der Waals surface area contributed by atoms with Gasteiger partial charge in [0.25, 0.3) is 5.91 Å². The number of benzene rings is 1. The summed E-state index contributed by atoms with van der Waals surface area (Å²) in [6, 6.07) is 8.57. The lowest BCUT2D eigenvalue weighted by atomic mass is 10.2. The van der Waals surface area contributed by atoms with E-state index in [0.717, 1.165) is 5.56 Å². The van der Waals surface area contributed by atoms with Gasteiger partial charge in [-0.05, 0) is 30.7 Å². The molecule has 0 spiro atoms. The number of carbonyl (C=O) groups is 1. The van der Waals surface area contributed by atoms with E-state index in [1.54, 1.807) is 12.1 Å². The molecule has 2 aromatic rings. The molecule has 0 bridgehead atoms. The monoisotopic (exact) mass is 258 g/mol. The second kappa shape index (κ2) is 5.34. The number of nitrogens with one attached hydrogen (secondary N) is 1. The van der Waals surface area contributed by atoms with E-state index in [1.165, 1.54) is 13.1 Å². The zero-order valence-corrected chi connectivity index (χ0v) is 10.7. The van der Waals surface area contributed by atoms with Crippen LogP contribution >= 0.6 is 0 Å². The first-order chi connectivity index (χ1) is 9.10. The van der Waals surface area contributed by atoms with Crippen molar-refractivity contribution < 1.29 is 9.53 Å². The fraction of sp³-hybridized carbons (Fsp3) is 0.154. The Morgan fingerprint density at radius 3 is 2.68 bits per heavy atom. The molecule has 6 nitrogen and oxygen atoms in total. The Kier molecular flexibility index (Phi) is 3.61. The zero-order chi connectivity index (χ0) is 13.8. The number of hydrogen-bond acceptors (Lipinski definition) is 5. The van der Waals surface area contributed by atoms with Crippen molar-refractivity contribution in [2.45, 2.75) is 6.92 Å². The van der Waals surface area contributed by atoms with E-state index < -0.39 is 0 Å². The van der Waals surface area contributed by atoms with Gasteiger partial charge in [0.2, 0.25) is 5.88 Å². The van der Waals surface area contributed by atoms with Gasteiger partial charge in [0.05, 0.1) is 5.69 Å². The minimum absolute atomic E-state index is 0.229. The van der Waals surface area contributed by atoms with Crippen LogP contribution in [-0.2, 0) is 0 Å². The summed E-state index contributed by atoms with van der Waals surface area (Å²) in [6.45, 7) is 1.94. The average molecular weight is 258 g/mol. The number of aryl methyl sites for hydroxylation is 1. The number of hydrogen-bond donors (Lipinski definition) is 2. The molecule has 0 fully saturated rings. The van der Waals surface area contributed by atoms with E-state index in [4.69, 9.17) is 10.5 Å². The maximum Gasteiger partial charge on any atom is 0.271 e. The Labute approximate surface area is 110 Å².